The lowest BCUT2D eigenvalue weighted by Gasteiger charge is -2.49. The molecule has 0 bridgehead atoms. The number of fused-ring (bicyclic) bond motifs is 1. The van der Waals surface area contributed by atoms with Gasteiger partial charge in [0.15, 0.2) is 0 Å². The van der Waals surface area contributed by atoms with Crippen LogP contribution < -0.4 is 10.1 Å². The quantitative estimate of drug-likeness (QED) is 0.277. The van der Waals surface area contributed by atoms with E-state index >= 15 is 0 Å². The number of nitrogens with zero attached hydrogens (tertiary/aromatic N) is 1. The van der Waals surface area contributed by atoms with Gasteiger partial charge in [-0.1, -0.05) is 72.4 Å². The number of nitrogens with one attached hydrogen (secondary N) is 1. The number of methoxy groups -OCH3 is 1. The third kappa shape index (κ3) is 6.04. The van der Waals surface area contributed by atoms with Crippen LogP contribution in [0.3, 0.4) is 0 Å². The summed E-state index contributed by atoms with van der Waals surface area (Å²) in [6.07, 6.45) is 0.160. The van der Waals surface area contributed by atoms with Crippen molar-refractivity contribution in [2.45, 2.75) is 35.9 Å². The van der Waals surface area contributed by atoms with E-state index in [1.807, 2.05) is 54.6 Å². The first-order valence-electron chi connectivity index (χ1n) is 12.7. The maximum Gasteiger partial charge on any atom is 0.356 e. The first-order chi connectivity index (χ1) is 19.5. The molecule has 2 N–H and O–H groups in total. The standard InChI is InChI=1S/C30H28N2O6S2/c1-37-22-13-11-20(12-14-22)17-38-30(36)27-24(40-23-10-6-5-9-21(23)16-33)18-39-29-26(28(35)32(27)29)31-25(34)15-19-7-3-2-4-8-19/h2-14,26,29,33H,15-18H2,1H3,(H,31,34)/t26-,29+/m1/s1. The molecule has 2 atom stereocenters. The maximum atomic E-state index is 13.5. The Morgan fingerprint density at radius 2 is 1.75 bits per heavy atom. The normalized spacial score (nSPS) is 18.1. The highest BCUT2D eigenvalue weighted by Crippen LogP contribution is 2.46. The third-order valence-corrected chi connectivity index (χ3v) is 9.22. The molecule has 3 aromatic carbocycles. The number of thioether (sulfide) groups is 2. The van der Waals surface area contributed by atoms with Crippen LogP contribution in [0.2, 0.25) is 0 Å². The van der Waals surface area contributed by atoms with Crippen molar-refractivity contribution in [1.82, 2.24) is 10.2 Å². The lowest BCUT2D eigenvalue weighted by atomic mass is 10.0. The predicted molar refractivity (Wildman–Crippen MR) is 153 cm³/mol. The van der Waals surface area contributed by atoms with Gasteiger partial charge in [0, 0.05) is 15.6 Å². The van der Waals surface area contributed by atoms with Gasteiger partial charge in [0.1, 0.15) is 29.5 Å². The number of carbonyl (C=O) groups is 3. The van der Waals surface area contributed by atoms with E-state index in [-0.39, 0.29) is 37.1 Å². The van der Waals surface area contributed by atoms with Crippen LogP contribution in [0.5, 0.6) is 5.75 Å². The number of esters is 1. The molecule has 0 unspecified atom stereocenters. The number of ether oxygens (including phenoxy) is 2. The number of rotatable bonds is 10. The van der Waals surface area contributed by atoms with Gasteiger partial charge in [-0.15, -0.1) is 11.8 Å². The molecule has 40 heavy (non-hydrogen) atoms. The molecule has 0 spiro atoms. The van der Waals surface area contributed by atoms with Crippen molar-refractivity contribution in [3.05, 3.63) is 106 Å². The van der Waals surface area contributed by atoms with Crippen LogP contribution in [-0.4, -0.2) is 52.1 Å². The van der Waals surface area contributed by atoms with Crippen LogP contribution in [0.25, 0.3) is 0 Å². The Labute approximate surface area is 240 Å². The SMILES string of the molecule is COc1ccc(COC(=O)C2=C(Sc3ccccc3CO)CS[C@H]3[C@H](NC(=O)Cc4ccccc4)C(=O)N23)cc1. The lowest BCUT2D eigenvalue weighted by Crippen LogP contribution is -2.70. The number of β-lactam (4-membered cyclic amide) rings is 1. The number of hydrogen-bond acceptors (Lipinski definition) is 8. The van der Waals surface area contributed by atoms with Crippen molar-refractivity contribution >= 4 is 41.3 Å². The minimum Gasteiger partial charge on any atom is -0.497 e. The van der Waals surface area contributed by atoms with Gasteiger partial charge in [-0.2, -0.15) is 0 Å². The Bertz CT molecular complexity index is 1430. The molecule has 10 heteroatoms. The summed E-state index contributed by atoms with van der Waals surface area (Å²) >= 11 is 2.82. The Kier molecular flexibility index (Phi) is 8.78. The summed E-state index contributed by atoms with van der Waals surface area (Å²) in [4.78, 5) is 42.4. The Hall–Kier alpha value is -3.73. The van der Waals surface area contributed by atoms with Gasteiger partial charge in [-0.3, -0.25) is 14.5 Å². The highest BCUT2D eigenvalue weighted by molar-refractivity contribution is 8.06. The average Bonchev–Trinajstić information content (AvgIpc) is 2.99. The number of amides is 2. The van der Waals surface area contributed by atoms with Crippen molar-refractivity contribution < 1.29 is 29.0 Å². The number of aliphatic hydroxyl groups is 1. The number of benzene rings is 3. The topological polar surface area (TPSA) is 105 Å². The molecule has 0 radical (unpaired) electrons. The molecule has 1 fully saturated rings. The van der Waals surface area contributed by atoms with Crippen LogP contribution in [-0.2, 0) is 38.8 Å². The molecular formula is C30H28N2O6S2. The average molecular weight is 577 g/mol. The first-order valence-corrected chi connectivity index (χ1v) is 14.5. The highest BCUT2D eigenvalue weighted by atomic mass is 32.2. The fourth-order valence-corrected chi connectivity index (χ4v) is 7.06. The van der Waals surface area contributed by atoms with Crippen molar-refractivity contribution in [1.29, 1.82) is 0 Å². The Morgan fingerprint density at radius 1 is 1.02 bits per heavy atom. The van der Waals surface area contributed by atoms with E-state index < -0.39 is 17.4 Å². The van der Waals surface area contributed by atoms with Gasteiger partial charge in [-0.05, 0) is 34.9 Å². The van der Waals surface area contributed by atoms with Crippen LogP contribution in [0.4, 0.5) is 0 Å². The minimum absolute atomic E-state index is 0.0224. The van der Waals surface area contributed by atoms with E-state index in [2.05, 4.69) is 5.32 Å². The number of hydrogen-bond donors (Lipinski definition) is 2. The molecule has 5 rings (SSSR count). The summed E-state index contributed by atoms with van der Waals surface area (Å²) in [7, 11) is 1.58. The maximum absolute atomic E-state index is 13.5. The number of aliphatic hydroxyl groups excluding tert-OH is 1. The minimum atomic E-state index is -0.734. The summed E-state index contributed by atoms with van der Waals surface area (Å²) in [5.41, 5.74) is 2.52. The summed E-state index contributed by atoms with van der Waals surface area (Å²) < 4.78 is 10.9. The van der Waals surface area contributed by atoms with E-state index in [0.717, 1.165) is 21.6 Å². The van der Waals surface area contributed by atoms with Gasteiger partial charge in [0.25, 0.3) is 5.91 Å². The monoisotopic (exact) mass is 576 g/mol. The molecule has 0 aromatic heterocycles. The fraction of sp³-hybridized carbons (Fsp3) is 0.233. The van der Waals surface area contributed by atoms with E-state index in [1.165, 1.54) is 28.4 Å². The molecule has 2 heterocycles. The zero-order chi connectivity index (χ0) is 28.1. The second kappa shape index (κ2) is 12.6. The highest BCUT2D eigenvalue weighted by Gasteiger charge is 2.54. The zero-order valence-corrected chi connectivity index (χ0v) is 23.4. The third-order valence-electron chi connectivity index (χ3n) is 6.56. The summed E-state index contributed by atoms with van der Waals surface area (Å²) in [5, 5.41) is 12.2. The lowest BCUT2D eigenvalue weighted by molar-refractivity contribution is -0.153. The Balaban J connectivity index is 1.36. The first kappa shape index (κ1) is 27.8. The summed E-state index contributed by atoms with van der Waals surface area (Å²) in [5.74, 6) is -0.0973. The molecule has 2 aliphatic heterocycles. The van der Waals surface area contributed by atoms with Gasteiger partial charge in [0.05, 0.1) is 20.1 Å². The van der Waals surface area contributed by atoms with Crippen molar-refractivity contribution in [2.24, 2.45) is 0 Å². The zero-order valence-electron chi connectivity index (χ0n) is 21.7. The molecule has 206 valence electrons. The van der Waals surface area contributed by atoms with Crippen molar-refractivity contribution in [2.75, 3.05) is 12.9 Å². The van der Waals surface area contributed by atoms with E-state index in [0.29, 0.717) is 16.4 Å². The van der Waals surface area contributed by atoms with Gasteiger partial charge in [0.2, 0.25) is 5.91 Å². The summed E-state index contributed by atoms with van der Waals surface area (Å²) in [6, 6.07) is 23.1. The number of carbonyl (C=O) groups excluding carboxylic acids is 3. The van der Waals surface area contributed by atoms with Crippen LogP contribution in [0, 0.1) is 0 Å². The van der Waals surface area contributed by atoms with Crippen molar-refractivity contribution in [3.63, 3.8) is 0 Å². The van der Waals surface area contributed by atoms with Crippen molar-refractivity contribution in [3.8, 4) is 5.75 Å². The Morgan fingerprint density at radius 3 is 2.48 bits per heavy atom. The second-order valence-corrected chi connectivity index (χ2v) is 11.4. The van der Waals surface area contributed by atoms with E-state index in [1.54, 1.807) is 31.4 Å². The largest absolute Gasteiger partial charge is 0.497 e. The molecule has 3 aromatic rings. The predicted octanol–water partition coefficient (Wildman–Crippen LogP) is 3.88. The molecule has 8 nitrogen and oxygen atoms in total. The molecule has 0 saturated carbocycles. The van der Waals surface area contributed by atoms with Crippen LogP contribution in [0.1, 0.15) is 16.7 Å². The molecule has 0 aliphatic carbocycles. The molecule has 1 saturated heterocycles. The van der Waals surface area contributed by atoms with Crippen LogP contribution >= 0.6 is 23.5 Å². The van der Waals surface area contributed by atoms with Gasteiger partial charge in [-0.25, -0.2) is 4.79 Å². The van der Waals surface area contributed by atoms with E-state index in [9.17, 15) is 19.5 Å². The summed E-state index contributed by atoms with van der Waals surface area (Å²) in [6.45, 7) is -0.129. The molecular weight excluding hydrogens is 548 g/mol. The smallest absolute Gasteiger partial charge is 0.356 e. The fourth-order valence-electron chi connectivity index (χ4n) is 4.47. The second-order valence-electron chi connectivity index (χ2n) is 9.18. The van der Waals surface area contributed by atoms with Gasteiger partial charge < -0.3 is 19.9 Å². The molecule has 2 aliphatic rings. The van der Waals surface area contributed by atoms with E-state index in [4.69, 9.17) is 9.47 Å². The van der Waals surface area contributed by atoms with Crippen LogP contribution in [0.15, 0.2) is 94.4 Å². The van der Waals surface area contributed by atoms with Gasteiger partial charge >= 0.3 is 5.97 Å². The molecule has 2 amide bonds.